The summed E-state index contributed by atoms with van der Waals surface area (Å²) in [5, 5.41) is 14.8. The fraction of sp³-hybridized carbons (Fsp3) is 0.571. The highest BCUT2D eigenvalue weighted by atomic mass is 16.4. The van der Waals surface area contributed by atoms with Crippen LogP contribution in [0.4, 0.5) is 0 Å². The molecule has 0 saturated carbocycles. The summed E-state index contributed by atoms with van der Waals surface area (Å²) in [5.74, 6) is -3.84. The number of nitrogens with two attached hydrogens (primary N) is 1. The van der Waals surface area contributed by atoms with E-state index in [1.54, 1.807) is 0 Å². The van der Waals surface area contributed by atoms with Crippen LogP contribution in [0.1, 0.15) is 26.2 Å². The molecule has 0 aromatic heterocycles. The minimum absolute atomic E-state index is 0.193. The first kappa shape index (κ1) is 14.0. The molecule has 0 bridgehead atoms. The fourth-order valence-electron chi connectivity index (χ4n) is 0.351. The first-order valence-corrected chi connectivity index (χ1v) is 3.66. The van der Waals surface area contributed by atoms with Crippen LogP contribution >= 0.6 is 0 Å². The third-order valence-electron chi connectivity index (χ3n) is 0.960. The molecule has 0 aromatic rings. The zero-order valence-corrected chi connectivity index (χ0v) is 7.32. The normalized spacial score (nSPS) is 8.08. The molecular formula is C7H13NO5. The van der Waals surface area contributed by atoms with Crippen molar-refractivity contribution in [2.45, 2.75) is 26.2 Å². The van der Waals surface area contributed by atoms with Crippen molar-refractivity contribution in [3.8, 4) is 0 Å². The zero-order chi connectivity index (χ0) is 10.9. The Kier molecular flexibility index (Phi) is 9.14. The lowest BCUT2D eigenvalue weighted by molar-refractivity contribution is -0.159. The molecule has 4 N–H and O–H groups in total. The Bertz CT molecular complexity index is 177. The molecular weight excluding hydrogens is 178 g/mol. The summed E-state index contributed by atoms with van der Waals surface area (Å²) in [6.45, 7) is 2.03. The lowest BCUT2D eigenvalue weighted by Crippen LogP contribution is -2.09. The average Bonchev–Trinajstić information content (AvgIpc) is 2.01. The molecule has 0 radical (unpaired) electrons. The molecule has 0 aliphatic heterocycles. The second kappa shape index (κ2) is 8.51. The highest BCUT2D eigenvalue weighted by Crippen LogP contribution is 1.89. The molecule has 0 unspecified atom stereocenters. The molecule has 76 valence electrons. The monoisotopic (exact) mass is 191 g/mol. The summed E-state index contributed by atoms with van der Waals surface area (Å²) in [5.41, 5.74) is 4.84. The minimum Gasteiger partial charge on any atom is -0.473 e. The topological polar surface area (TPSA) is 118 Å². The van der Waals surface area contributed by atoms with Crippen molar-refractivity contribution < 1.29 is 24.6 Å². The first-order valence-electron chi connectivity index (χ1n) is 3.66. The Morgan fingerprint density at radius 3 is 1.62 bits per heavy atom. The highest BCUT2D eigenvalue weighted by molar-refractivity contribution is 6.27. The van der Waals surface area contributed by atoms with E-state index in [0.29, 0.717) is 6.42 Å². The van der Waals surface area contributed by atoms with E-state index < -0.39 is 11.9 Å². The quantitative estimate of drug-likeness (QED) is 0.534. The number of amides is 1. The Morgan fingerprint density at radius 1 is 1.15 bits per heavy atom. The average molecular weight is 191 g/mol. The first-order chi connectivity index (χ1) is 5.91. The third-order valence-corrected chi connectivity index (χ3v) is 0.960. The number of unbranched alkanes of at least 4 members (excludes halogenated alkanes) is 1. The standard InChI is InChI=1S/C5H11NO.C2H2O4/c1-2-3-4-5(6)7;3-1(4)2(5)6/h2-4H2,1H3,(H2,6,7);(H,3,4)(H,5,6). The van der Waals surface area contributed by atoms with Gasteiger partial charge in [0.1, 0.15) is 0 Å². The molecule has 0 fully saturated rings. The predicted molar refractivity (Wildman–Crippen MR) is 44.0 cm³/mol. The second-order valence-corrected chi connectivity index (χ2v) is 2.18. The van der Waals surface area contributed by atoms with E-state index >= 15 is 0 Å². The van der Waals surface area contributed by atoms with Crippen molar-refractivity contribution in [3.05, 3.63) is 0 Å². The molecule has 0 aromatic carbocycles. The summed E-state index contributed by atoms with van der Waals surface area (Å²) in [7, 11) is 0. The molecule has 13 heavy (non-hydrogen) atoms. The number of aliphatic carboxylic acids is 2. The van der Waals surface area contributed by atoms with Crippen molar-refractivity contribution in [2.75, 3.05) is 0 Å². The molecule has 6 heteroatoms. The van der Waals surface area contributed by atoms with E-state index in [-0.39, 0.29) is 5.91 Å². The van der Waals surface area contributed by atoms with Gasteiger partial charge in [0.2, 0.25) is 5.91 Å². The van der Waals surface area contributed by atoms with E-state index in [4.69, 9.17) is 25.5 Å². The van der Waals surface area contributed by atoms with Gasteiger partial charge in [0.25, 0.3) is 0 Å². The summed E-state index contributed by atoms with van der Waals surface area (Å²) in [6, 6.07) is 0. The van der Waals surface area contributed by atoms with E-state index in [1.807, 2.05) is 6.92 Å². The van der Waals surface area contributed by atoms with Crippen LogP contribution in [-0.4, -0.2) is 28.1 Å². The molecule has 0 aliphatic carbocycles. The smallest absolute Gasteiger partial charge is 0.414 e. The highest BCUT2D eigenvalue weighted by Gasteiger charge is 2.04. The number of hydrogen-bond acceptors (Lipinski definition) is 3. The number of carbonyl (C=O) groups is 3. The number of primary amides is 1. The van der Waals surface area contributed by atoms with Gasteiger partial charge in [0, 0.05) is 6.42 Å². The van der Waals surface area contributed by atoms with Crippen molar-refractivity contribution in [1.29, 1.82) is 0 Å². The van der Waals surface area contributed by atoms with Gasteiger partial charge in [-0.3, -0.25) is 4.79 Å². The summed E-state index contributed by atoms with van der Waals surface area (Å²) in [4.78, 5) is 28.2. The van der Waals surface area contributed by atoms with Gasteiger partial charge in [-0.05, 0) is 6.42 Å². The van der Waals surface area contributed by atoms with Gasteiger partial charge in [-0.15, -0.1) is 0 Å². The number of rotatable bonds is 3. The van der Waals surface area contributed by atoms with Gasteiger partial charge in [-0.25, -0.2) is 9.59 Å². The Balaban J connectivity index is 0. The van der Waals surface area contributed by atoms with E-state index in [9.17, 15) is 4.79 Å². The molecule has 0 rings (SSSR count). The second-order valence-electron chi connectivity index (χ2n) is 2.18. The predicted octanol–water partition coefficient (Wildman–Crippen LogP) is -0.182. The molecule has 0 heterocycles. The van der Waals surface area contributed by atoms with Gasteiger partial charge in [-0.2, -0.15) is 0 Å². The zero-order valence-electron chi connectivity index (χ0n) is 7.32. The van der Waals surface area contributed by atoms with Crippen LogP contribution in [-0.2, 0) is 14.4 Å². The maximum atomic E-state index is 9.98. The lowest BCUT2D eigenvalue weighted by atomic mass is 10.2. The lowest BCUT2D eigenvalue weighted by Gasteiger charge is -1.86. The van der Waals surface area contributed by atoms with Crippen molar-refractivity contribution >= 4 is 17.8 Å². The largest absolute Gasteiger partial charge is 0.473 e. The van der Waals surface area contributed by atoms with Crippen LogP contribution < -0.4 is 5.73 Å². The number of carbonyl (C=O) groups excluding carboxylic acids is 1. The summed E-state index contributed by atoms with van der Waals surface area (Å²) < 4.78 is 0. The van der Waals surface area contributed by atoms with E-state index in [2.05, 4.69) is 0 Å². The number of carboxylic acids is 2. The van der Waals surface area contributed by atoms with Crippen LogP contribution in [0, 0.1) is 0 Å². The number of hydrogen-bond donors (Lipinski definition) is 3. The maximum Gasteiger partial charge on any atom is 0.414 e. The van der Waals surface area contributed by atoms with E-state index in [1.165, 1.54) is 0 Å². The fourth-order valence-corrected chi connectivity index (χ4v) is 0.351. The van der Waals surface area contributed by atoms with Crippen LogP contribution in [0.15, 0.2) is 0 Å². The van der Waals surface area contributed by atoms with Gasteiger partial charge in [-0.1, -0.05) is 13.3 Å². The number of carboxylic acid groups (broad SMARTS) is 2. The molecule has 0 atom stereocenters. The minimum atomic E-state index is -1.82. The van der Waals surface area contributed by atoms with Gasteiger partial charge in [0.15, 0.2) is 0 Å². The Morgan fingerprint density at radius 2 is 1.54 bits per heavy atom. The van der Waals surface area contributed by atoms with Crippen LogP contribution in [0.3, 0.4) is 0 Å². The molecule has 0 spiro atoms. The van der Waals surface area contributed by atoms with Gasteiger partial charge >= 0.3 is 11.9 Å². The summed E-state index contributed by atoms with van der Waals surface area (Å²) >= 11 is 0. The van der Waals surface area contributed by atoms with Crippen LogP contribution in [0.25, 0.3) is 0 Å². The maximum absolute atomic E-state index is 9.98. The SMILES string of the molecule is CCCCC(N)=O.O=C(O)C(=O)O. The van der Waals surface area contributed by atoms with E-state index in [0.717, 1.165) is 12.8 Å². The van der Waals surface area contributed by atoms with Crippen molar-refractivity contribution in [2.24, 2.45) is 5.73 Å². The van der Waals surface area contributed by atoms with Gasteiger partial charge < -0.3 is 15.9 Å². The molecule has 0 saturated heterocycles. The van der Waals surface area contributed by atoms with Gasteiger partial charge in [0.05, 0.1) is 0 Å². The molecule has 6 nitrogen and oxygen atoms in total. The molecule has 0 aliphatic rings. The van der Waals surface area contributed by atoms with Crippen molar-refractivity contribution in [1.82, 2.24) is 0 Å². The van der Waals surface area contributed by atoms with Crippen LogP contribution in [0.5, 0.6) is 0 Å². The molecule has 1 amide bonds. The van der Waals surface area contributed by atoms with Crippen LogP contribution in [0.2, 0.25) is 0 Å². The third kappa shape index (κ3) is 17.9. The Labute approximate surface area is 75.3 Å². The summed E-state index contributed by atoms with van der Waals surface area (Å²) in [6.07, 6.45) is 2.51. The Hall–Kier alpha value is -1.59. The van der Waals surface area contributed by atoms with Crippen molar-refractivity contribution in [3.63, 3.8) is 0 Å².